The van der Waals surface area contributed by atoms with Gasteiger partial charge in [-0.3, -0.25) is 19.2 Å². The van der Waals surface area contributed by atoms with Crippen LogP contribution in [0.5, 0.6) is 0 Å². The average Bonchev–Trinajstić information content (AvgIpc) is 2.98. The predicted molar refractivity (Wildman–Crippen MR) is 128 cm³/mol. The van der Waals surface area contributed by atoms with Crippen molar-refractivity contribution < 1.29 is 28.7 Å². The quantitative estimate of drug-likeness (QED) is 0.450. The Morgan fingerprint density at radius 2 is 1.62 bits per heavy atom. The van der Waals surface area contributed by atoms with E-state index in [-0.39, 0.29) is 18.4 Å². The van der Waals surface area contributed by atoms with E-state index in [9.17, 15) is 24.0 Å². The molecule has 0 aliphatic carbocycles. The number of primary amides is 1. The first-order valence-electron chi connectivity index (χ1n) is 11.7. The highest BCUT2D eigenvalue weighted by molar-refractivity contribution is 6.37. The largest absolute Gasteiger partial charge is 0.444 e. The normalized spacial score (nSPS) is 19.7. The smallest absolute Gasteiger partial charge is 0.408 e. The van der Waals surface area contributed by atoms with E-state index < -0.39 is 58.7 Å². The van der Waals surface area contributed by atoms with Crippen molar-refractivity contribution in [1.29, 1.82) is 0 Å². The van der Waals surface area contributed by atoms with Crippen LogP contribution in [0.25, 0.3) is 0 Å². The van der Waals surface area contributed by atoms with Crippen molar-refractivity contribution in [2.24, 2.45) is 16.6 Å². The Hall–Kier alpha value is -2.65. The Kier molecular flexibility index (Phi) is 9.28. The van der Waals surface area contributed by atoms with Crippen LogP contribution in [-0.4, -0.2) is 64.8 Å². The summed E-state index contributed by atoms with van der Waals surface area (Å²) >= 11 is 0. The standard InChI is InChI=1S/C24H42N4O6/c1-10-11-14(16(29)18(25)30)26-19(31)15-12-24(8,9)13-28(15)20(32)17(22(2,3)4)27-21(33)34-23(5,6)7/h14-15,17H,10-13H2,1-9H3,(H2,25,30)(H,26,31)(H,27,33)/t14?,15-,17+/m0/s1. The fraction of sp³-hybridized carbons (Fsp3) is 0.792. The molecule has 10 nitrogen and oxygen atoms in total. The molecule has 0 spiro atoms. The number of nitrogens with zero attached hydrogens (tertiary/aromatic N) is 1. The van der Waals surface area contributed by atoms with Gasteiger partial charge in [-0.1, -0.05) is 48.0 Å². The van der Waals surface area contributed by atoms with Crippen LogP contribution in [0.2, 0.25) is 0 Å². The minimum atomic E-state index is -1.12. The number of rotatable bonds is 8. The Labute approximate surface area is 202 Å². The van der Waals surface area contributed by atoms with Crippen molar-refractivity contribution in [2.45, 2.75) is 105 Å². The van der Waals surface area contributed by atoms with Crippen LogP contribution < -0.4 is 16.4 Å². The lowest BCUT2D eigenvalue weighted by atomic mass is 9.85. The number of Topliss-reactive ketones (excluding diaryl/α,β-unsaturated/α-hetero) is 1. The number of nitrogens with two attached hydrogens (primary N) is 1. The second kappa shape index (κ2) is 10.7. The summed E-state index contributed by atoms with van der Waals surface area (Å²) in [4.78, 5) is 64.4. The van der Waals surface area contributed by atoms with Crippen molar-refractivity contribution >= 4 is 29.6 Å². The fourth-order valence-corrected chi connectivity index (χ4v) is 3.97. The molecular weight excluding hydrogens is 440 g/mol. The molecule has 1 unspecified atom stereocenters. The lowest BCUT2D eigenvalue weighted by Gasteiger charge is -2.36. The number of amides is 4. The van der Waals surface area contributed by atoms with Gasteiger partial charge in [0, 0.05) is 6.54 Å². The van der Waals surface area contributed by atoms with Crippen LogP contribution in [0, 0.1) is 10.8 Å². The van der Waals surface area contributed by atoms with Gasteiger partial charge in [0.15, 0.2) is 0 Å². The van der Waals surface area contributed by atoms with Gasteiger partial charge in [0.25, 0.3) is 5.91 Å². The molecular formula is C24H42N4O6. The molecule has 4 N–H and O–H groups in total. The second-order valence-corrected chi connectivity index (χ2v) is 11.9. The second-order valence-electron chi connectivity index (χ2n) is 11.9. The molecule has 1 aliphatic heterocycles. The third-order valence-electron chi connectivity index (χ3n) is 5.53. The maximum atomic E-state index is 13.7. The van der Waals surface area contributed by atoms with Gasteiger partial charge in [-0.05, 0) is 44.4 Å². The third-order valence-corrected chi connectivity index (χ3v) is 5.53. The number of carbonyl (C=O) groups excluding carboxylic acids is 5. The highest BCUT2D eigenvalue weighted by Crippen LogP contribution is 2.36. The van der Waals surface area contributed by atoms with Gasteiger partial charge in [0.2, 0.25) is 17.6 Å². The summed E-state index contributed by atoms with van der Waals surface area (Å²) in [5, 5.41) is 5.29. The topological polar surface area (TPSA) is 148 Å². The van der Waals surface area contributed by atoms with Crippen LogP contribution in [0.4, 0.5) is 4.79 Å². The Morgan fingerprint density at radius 1 is 1.06 bits per heavy atom. The van der Waals surface area contributed by atoms with Gasteiger partial charge >= 0.3 is 6.09 Å². The van der Waals surface area contributed by atoms with Gasteiger partial charge in [-0.15, -0.1) is 0 Å². The Balaban J connectivity index is 3.21. The fourth-order valence-electron chi connectivity index (χ4n) is 3.97. The molecule has 194 valence electrons. The maximum absolute atomic E-state index is 13.7. The lowest BCUT2D eigenvalue weighted by Crippen LogP contribution is -2.59. The number of ketones is 1. The molecule has 3 atom stereocenters. The highest BCUT2D eigenvalue weighted by atomic mass is 16.6. The number of ether oxygens (including phenoxy) is 1. The molecule has 1 fully saturated rings. The summed E-state index contributed by atoms with van der Waals surface area (Å²) in [6.07, 6.45) is 0.435. The summed E-state index contributed by atoms with van der Waals surface area (Å²) in [6.45, 7) is 16.6. The van der Waals surface area contributed by atoms with E-state index in [1.165, 1.54) is 4.90 Å². The van der Waals surface area contributed by atoms with Crippen LogP contribution in [0.1, 0.15) is 81.6 Å². The number of nitrogens with one attached hydrogen (secondary N) is 2. The Morgan fingerprint density at radius 3 is 2.06 bits per heavy atom. The van der Waals surface area contributed by atoms with Gasteiger partial charge in [-0.2, -0.15) is 0 Å². The molecule has 1 rings (SSSR count). The van der Waals surface area contributed by atoms with Gasteiger partial charge in [0.05, 0.1) is 6.04 Å². The average molecular weight is 483 g/mol. The summed E-state index contributed by atoms with van der Waals surface area (Å²) in [6, 6.07) is -2.87. The molecule has 0 aromatic carbocycles. The molecule has 1 heterocycles. The zero-order valence-corrected chi connectivity index (χ0v) is 22.0. The molecule has 34 heavy (non-hydrogen) atoms. The van der Waals surface area contributed by atoms with Gasteiger partial charge < -0.3 is 26.0 Å². The number of likely N-dealkylation sites (tertiary alicyclic amines) is 1. The van der Waals surface area contributed by atoms with Crippen LogP contribution >= 0.6 is 0 Å². The van der Waals surface area contributed by atoms with Crippen LogP contribution in [0.15, 0.2) is 0 Å². The van der Waals surface area contributed by atoms with E-state index in [1.807, 2.05) is 41.5 Å². The zero-order valence-electron chi connectivity index (χ0n) is 22.0. The summed E-state index contributed by atoms with van der Waals surface area (Å²) in [7, 11) is 0. The minimum Gasteiger partial charge on any atom is -0.444 e. The number of hydrogen-bond donors (Lipinski definition) is 3. The van der Waals surface area contributed by atoms with Crippen molar-refractivity contribution in [2.75, 3.05) is 6.54 Å². The highest BCUT2D eigenvalue weighted by Gasteiger charge is 2.48. The number of alkyl carbamates (subject to hydrolysis) is 1. The predicted octanol–water partition coefficient (Wildman–Crippen LogP) is 1.89. The molecule has 10 heteroatoms. The first-order chi connectivity index (χ1) is 15.3. The van der Waals surface area contributed by atoms with E-state index in [2.05, 4.69) is 10.6 Å². The molecule has 0 saturated carbocycles. The molecule has 4 amide bonds. The summed E-state index contributed by atoms with van der Waals surface area (Å²) < 4.78 is 5.34. The SMILES string of the molecule is CCCC(NC(=O)[C@@H]1CC(C)(C)CN1C(=O)[C@@H](NC(=O)OC(C)(C)C)C(C)(C)C)C(=O)C(N)=O. The molecule has 0 aromatic heterocycles. The third kappa shape index (κ3) is 8.29. The molecule has 0 aromatic rings. The first kappa shape index (κ1) is 29.4. The monoisotopic (exact) mass is 482 g/mol. The van der Waals surface area contributed by atoms with Crippen molar-refractivity contribution in [3.8, 4) is 0 Å². The zero-order chi connectivity index (χ0) is 26.6. The molecule has 1 aliphatic rings. The van der Waals surface area contributed by atoms with E-state index in [0.717, 1.165) is 0 Å². The first-order valence-corrected chi connectivity index (χ1v) is 11.7. The summed E-state index contributed by atoms with van der Waals surface area (Å²) in [5.74, 6) is -2.94. The number of hydrogen-bond acceptors (Lipinski definition) is 6. The molecule has 0 bridgehead atoms. The van der Waals surface area contributed by atoms with E-state index in [1.54, 1.807) is 20.8 Å². The van der Waals surface area contributed by atoms with Crippen LogP contribution in [0.3, 0.4) is 0 Å². The Bertz CT molecular complexity index is 809. The van der Waals surface area contributed by atoms with E-state index in [4.69, 9.17) is 10.5 Å². The van der Waals surface area contributed by atoms with E-state index >= 15 is 0 Å². The van der Waals surface area contributed by atoms with Crippen molar-refractivity contribution in [3.05, 3.63) is 0 Å². The van der Waals surface area contributed by atoms with E-state index in [0.29, 0.717) is 12.8 Å². The maximum Gasteiger partial charge on any atom is 0.408 e. The molecule has 0 radical (unpaired) electrons. The van der Waals surface area contributed by atoms with Gasteiger partial charge in [-0.25, -0.2) is 4.79 Å². The van der Waals surface area contributed by atoms with Gasteiger partial charge in [0.1, 0.15) is 17.7 Å². The minimum absolute atomic E-state index is 0.252. The summed E-state index contributed by atoms with van der Waals surface area (Å²) in [5.41, 5.74) is 3.35. The van der Waals surface area contributed by atoms with Crippen molar-refractivity contribution in [3.63, 3.8) is 0 Å². The van der Waals surface area contributed by atoms with Crippen LogP contribution in [-0.2, 0) is 23.9 Å². The number of carbonyl (C=O) groups is 5. The lowest BCUT2D eigenvalue weighted by molar-refractivity contribution is -0.143. The molecule has 1 saturated heterocycles. The van der Waals surface area contributed by atoms with Crippen molar-refractivity contribution in [1.82, 2.24) is 15.5 Å².